The van der Waals surface area contributed by atoms with Crippen molar-refractivity contribution in [2.45, 2.75) is 45.1 Å². The summed E-state index contributed by atoms with van der Waals surface area (Å²) in [5, 5.41) is 11.6. The highest BCUT2D eigenvalue weighted by atomic mass is 32.1. The van der Waals surface area contributed by atoms with Crippen LogP contribution in [0.2, 0.25) is 0 Å². The number of rotatable bonds is 4. The van der Waals surface area contributed by atoms with E-state index in [1.165, 1.54) is 28.7 Å². The van der Waals surface area contributed by atoms with Gasteiger partial charge in [0.05, 0.1) is 44.9 Å². The Labute approximate surface area is 225 Å². The number of aromatic amines is 1. The van der Waals surface area contributed by atoms with Gasteiger partial charge in [0.2, 0.25) is 0 Å². The SMILES string of the molecule is C[C@H]1CC[C@H](c2ccc3sc(CC4CCN(C)CC4)nc3c2)N(C(=O)C(=O)Nc2cncc3cn[nH]c23)C1. The molecule has 0 spiro atoms. The first kappa shape index (κ1) is 24.9. The predicted octanol–water partition coefficient (Wildman–Crippen LogP) is 4.39. The summed E-state index contributed by atoms with van der Waals surface area (Å²) in [7, 11) is 2.19. The molecule has 0 aliphatic carbocycles. The molecule has 5 heterocycles. The molecule has 2 fully saturated rings. The Bertz CT molecular complexity index is 1470. The molecule has 2 aliphatic heterocycles. The molecule has 6 rings (SSSR count). The second kappa shape index (κ2) is 10.4. The maximum Gasteiger partial charge on any atom is 0.314 e. The van der Waals surface area contributed by atoms with E-state index < -0.39 is 11.8 Å². The molecule has 4 aromatic rings. The van der Waals surface area contributed by atoms with Crippen LogP contribution in [0, 0.1) is 11.8 Å². The number of benzene rings is 1. The van der Waals surface area contributed by atoms with Crippen LogP contribution in [0.3, 0.4) is 0 Å². The lowest BCUT2D eigenvalue weighted by Crippen LogP contribution is -2.46. The van der Waals surface area contributed by atoms with E-state index in [2.05, 4.69) is 57.6 Å². The van der Waals surface area contributed by atoms with Gasteiger partial charge >= 0.3 is 11.8 Å². The van der Waals surface area contributed by atoms with Crippen LogP contribution in [-0.4, -0.2) is 68.5 Å². The molecule has 2 aliphatic rings. The van der Waals surface area contributed by atoms with Crippen LogP contribution in [0.4, 0.5) is 5.69 Å². The van der Waals surface area contributed by atoms with Gasteiger partial charge in [-0.25, -0.2) is 4.98 Å². The average molecular weight is 532 g/mol. The number of piperidine rings is 2. The fourth-order valence-corrected chi connectivity index (χ4v) is 6.85. The number of likely N-dealkylation sites (tertiary alicyclic amines) is 2. The molecule has 2 saturated heterocycles. The van der Waals surface area contributed by atoms with Crippen LogP contribution in [0.25, 0.3) is 21.1 Å². The molecular weight excluding hydrogens is 498 g/mol. The number of carbonyl (C=O) groups is 2. The van der Waals surface area contributed by atoms with Crippen LogP contribution in [-0.2, 0) is 16.0 Å². The summed E-state index contributed by atoms with van der Waals surface area (Å²) in [6, 6.07) is 6.20. The zero-order chi connectivity index (χ0) is 26.2. The van der Waals surface area contributed by atoms with Crippen LogP contribution in [0.5, 0.6) is 0 Å². The summed E-state index contributed by atoms with van der Waals surface area (Å²) >= 11 is 1.78. The lowest BCUT2D eigenvalue weighted by atomic mass is 9.89. The van der Waals surface area contributed by atoms with Gasteiger partial charge in [0.25, 0.3) is 0 Å². The van der Waals surface area contributed by atoms with Crippen molar-refractivity contribution in [3.05, 3.63) is 47.4 Å². The third kappa shape index (κ3) is 5.02. The maximum atomic E-state index is 13.5. The fraction of sp³-hybridized carbons (Fsp3) is 0.464. The number of pyridine rings is 1. The van der Waals surface area contributed by atoms with Crippen molar-refractivity contribution < 1.29 is 9.59 Å². The number of aromatic nitrogens is 4. The van der Waals surface area contributed by atoms with E-state index in [4.69, 9.17) is 4.98 Å². The Hall–Kier alpha value is -3.37. The van der Waals surface area contributed by atoms with Gasteiger partial charge in [-0.15, -0.1) is 11.3 Å². The van der Waals surface area contributed by atoms with Crippen LogP contribution in [0.1, 0.15) is 49.2 Å². The molecule has 2 atom stereocenters. The Balaban J connectivity index is 1.21. The summed E-state index contributed by atoms with van der Waals surface area (Å²) in [5.74, 6) is -0.173. The quantitative estimate of drug-likeness (QED) is 0.378. The van der Waals surface area contributed by atoms with Crippen molar-refractivity contribution in [1.82, 2.24) is 30.0 Å². The number of carbonyl (C=O) groups excluding carboxylic acids is 2. The molecule has 0 radical (unpaired) electrons. The third-order valence-electron chi connectivity index (χ3n) is 8.02. The molecule has 2 N–H and O–H groups in total. The first-order valence-corrected chi connectivity index (χ1v) is 14.2. The molecular formula is C28H33N7O2S. The molecule has 0 saturated carbocycles. The van der Waals surface area contributed by atoms with E-state index in [9.17, 15) is 9.59 Å². The van der Waals surface area contributed by atoms with E-state index >= 15 is 0 Å². The standard InChI is InChI=1S/C28H33N7O2S/c1-17-3-5-23(35(16-17)28(37)27(36)32-22-15-29-13-20-14-30-33-26(20)22)19-4-6-24-21(12-19)31-25(38-24)11-18-7-9-34(2)10-8-18/h4,6,12-15,17-18,23H,3,5,7-11,16H2,1-2H3,(H,30,33)(H,32,36)/t17-,23+/m0/s1. The third-order valence-corrected chi connectivity index (χ3v) is 9.08. The van der Waals surface area contributed by atoms with Gasteiger partial charge in [-0.1, -0.05) is 13.0 Å². The minimum Gasteiger partial charge on any atom is -0.327 e. The number of fused-ring (bicyclic) bond motifs is 2. The van der Waals surface area contributed by atoms with Gasteiger partial charge in [0.1, 0.15) is 0 Å². The highest BCUT2D eigenvalue weighted by Gasteiger charge is 2.34. The van der Waals surface area contributed by atoms with E-state index in [-0.39, 0.29) is 6.04 Å². The Kier molecular flexibility index (Phi) is 6.84. The lowest BCUT2D eigenvalue weighted by Gasteiger charge is -2.38. The van der Waals surface area contributed by atoms with Gasteiger partial charge in [0, 0.05) is 24.5 Å². The van der Waals surface area contributed by atoms with Crippen LogP contribution >= 0.6 is 11.3 Å². The van der Waals surface area contributed by atoms with Gasteiger partial charge in [-0.05, 0) is 75.4 Å². The molecule has 0 unspecified atom stereocenters. The maximum absolute atomic E-state index is 13.5. The van der Waals surface area contributed by atoms with E-state index in [0.717, 1.165) is 48.8 Å². The smallest absolute Gasteiger partial charge is 0.314 e. The number of nitrogens with one attached hydrogen (secondary N) is 2. The van der Waals surface area contributed by atoms with Gasteiger partial charge in [-0.3, -0.25) is 19.7 Å². The van der Waals surface area contributed by atoms with Crippen molar-refractivity contribution >= 4 is 50.0 Å². The zero-order valence-corrected chi connectivity index (χ0v) is 22.6. The molecule has 9 nitrogen and oxygen atoms in total. The number of hydrogen-bond acceptors (Lipinski definition) is 7. The highest BCUT2D eigenvalue weighted by molar-refractivity contribution is 7.18. The summed E-state index contributed by atoms with van der Waals surface area (Å²) in [5.41, 5.74) is 3.12. The second-order valence-electron chi connectivity index (χ2n) is 10.9. The lowest BCUT2D eigenvalue weighted by molar-refractivity contribution is -0.146. The fourth-order valence-electron chi connectivity index (χ4n) is 5.79. The molecule has 3 aromatic heterocycles. The summed E-state index contributed by atoms with van der Waals surface area (Å²) < 4.78 is 1.18. The molecule has 198 valence electrons. The number of thiazole rings is 1. The number of H-pyrrole nitrogens is 1. The van der Waals surface area contributed by atoms with Crippen molar-refractivity contribution in [2.24, 2.45) is 11.8 Å². The van der Waals surface area contributed by atoms with E-state index in [1.54, 1.807) is 28.6 Å². The van der Waals surface area contributed by atoms with Gasteiger partial charge < -0.3 is 15.1 Å². The molecule has 38 heavy (non-hydrogen) atoms. The Morgan fingerprint density at radius 3 is 2.82 bits per heavy atom. The second-order valence-corrected chi connectivity index (χ2v) is 12.0. The van der Waals surface area contributed by atoms with E-state index in [0.29, 0.717) is 29.6 Å². The number of hydrogen-bond donors (Lipinski definition) is 2. The van der Waals surface area contributed by atoms with Crippen LogP contribution in [0.15, 0.2) is 36.8 Å². The van der Waals surface area contributed by atoms with Crippen LogP contribution < -0.4 is 5.32 Å². The number of amides is 2. The summed E-state index contributed by atoms with van der Waals surface area (Å²) in [4.78, 5) is 39.8. The van der Waals surface area contributed by atoms with Crippen molar-refractivity contribution in [2.75, 3.05) is 32.0 Å². The monoisotopic (exact) mass is 531 g/mol. The number of nitrogens with zero attached hydrogens (tertiary/aromatic N) is 5. The topological polar surface area (TPSA) is 107 Å². The Morgan fingerprint density at radius 2 is 1.97 bits per heavy atom. The molecule has 0 bridgehead atoms. The van der Waals surface area contributed by atoms with Crippen molar-refractivity contribution in [3.8, 4) is 0 Å². The molecule has 10 heteroatoms. The van der Waals surface area contributed by atoms with Gasteiger partial charge in [0.15, 0.2) is 0 Å². The zero-order valence-electron chi connectivity index (χ0n) is 21.8. The summed E-state index contributed by atoms with van der Waals surface area (Å²) in [6.45, 7) is 4.98. The molecule has 2 amide bonds. The van der Waals surface area contributed by atoms with Gasteiger partial charge in [-0.2, -0.15) is 5.10 Å². The largest absolute Gasteiger partial charge is 0.327 e. The van der Waals surface area contributed by atoms with Crippen molar-refractivity contribution in [3.63, 3.8) is 0 Å². The minimum absolute atomic E-state index is 0.158. The highest BCUT2D eigenvalue weighted by Crippen LogP contribution is 2.36. The first-order chi connectivity index (χ1) is 18.4. The number of anilines is 1. The normalized spacial score (nSPS) is 21.3. The summed E-state index contributed by atoms with van der Waals surface area (Å²) in [6.07, 6.45) is 10.1. The minimum atomic E-state index is -0.664. The Morgan fingerprint density at radius 1 is 1.13 bits per heavy atom. The predicted molar refractivity (Wildman–Crippen MR) is 149 cm³/mol. The average Bonchev–Trinajstić information content (AvgIpc) is 3.56. The van der Waals surface area contributed by atoms with E-state index in [1.807, 2.05) is 0 Å². The van der Waals surface area contributed by atoms with Crippen molar-refractivity contribution in [1.29, 1.82) is 0 Å². The first-order valence-electron chi connectivity index (χ1n) is 13.4. The molecule has 1 aromatic carbocycles.